The number of hydrogen-bond donors (Lipinski definition) is 2. The van der Waals surface area contributed by atoms with Crippen molar-refractivity contribution in [2.75, 3.05) is 0 Å². The summed E-state index contributed by atoms with van der Waals surface area (Å²) in [5, 5.41) is 9.60. The first-order valence-corrected chi connectivity index (χ1v) is 4.53. The van der Waals surface area contributed by atoms with Crippen LogP contribution in [0.4, 0.5) is 0 Å². The molecule has 0 saturated carbocycles. The summed E-state index contributed by atoms with van der Waals surface area (Å²) >= 11 is 0. The van der Waals surface area contributed by atoms with Crippen LogP contribution in [0.25, 0.3) is 0 Å². The van der Waals surface area contributed by atoms with Gasteiger partial charge in [-0.1, -0.05) is 30.9 Å². The molecule has 0 aromatic heterocycles. The molecule has 1 unspecified atom stereocenters. The van der Waals surface area contributed by atoms with Crippen molar-refractivity contribution in [1.82, 2.24) is 0 Å². The number of aliphatic hydroxyl groups excluding tert-OH is 1. The van der Waals surface area contributed by atoms with Crippen molar-refractivity contribution in [2.45, 2.75) is 25.9 Å². The highest BCUT2D eigenvalue weighted by Gasteiger charge is 2.08. The van der Waals surface area contributed by atoms with E-state index in [1.54, 1.807) is 12.2 Å². The molecule has 0 radical (unpaired) electrons. The fourth-order valence-electron chi connectivity index (χ4n) is 0.968. The van der Waals surface area contributed by atoms with Crippen LogP contribution in [-0.2, 0) is 4.79 Å². The summed E-state index contributed by atoms with van der Waals surface area (Å²) in [6.45, 7) is 5.47. The molecular weight excluding hydrogens is 178 g/mol. The van der Waals surface area contributed by atoms with Gasteiger partial charge in [-0.2, -0.15) is 0 Å². The number of allylic oxidation sites excluding steroid dienone is 3. The number of carbonyl (C=O) groups excluding carboxylic acids is 1. The van der Waals surface area contributed by atoms with Crippen LogP contribution >= 0.6 is 0 Å². The van der Waals surface area contributed by atoms with Crippen LogP contribution in [-0.4, -0.2) is 17.1 Å². The molecule has 0 bridgehead atoms. The number of rotatable bonds is 6. The Balaban J connectivity index is 4.24. The Morgan fingerprint density at radius 1 is 1.64 bits per heavy atom. The third-order valence-electron chi connectivity index (χ3n) is 1.77. The van der Waals surface area contributed by atoms with Gasteiger partial charge in [0.25, 0.3) is 0 Å². The number of carbonyl (C=O) groups is 1. The Hall–Kier alpha value is -1.35. The first kappa shape index (κ1) is 12.7. The molecule has 0 saturated heterocycles. The normalized spacial score (nSPS) is 14.3. The lowest BCUT2D eigenvalue weighted by molar-refractivity contribution is -0.118. The van der Waals surface area contributed by atoms with Crippen LogP contribution in [0.3, 0.4) is 0 Å². The second-order valence-electron chi connectivity index (χ2n) is 2.92. The van der Waals surface area contributed by atoms with E-state index in [0.29, 0.717) is 12.0 Å². The molecule has 0 rings (SSSR count). The van der Waals surface area contributed by atoms with Gasteiger partial charge in [-0.15, -0.1) is 0 Å². The van der Waals surface area contributed by atoms with Gasteiger partial charge in [0.05, 0.1) is 6.10 Å². The molecule has 0 aliphatic carbocycles. The maximum atomic E-state index is 10.5. The van der Waals surface area contributed by atoms with Crippen molar-refractivity contribution in [1.29, 1.82) is 0 Å². The summed E-state index contributed by atoms with van der Waals surface area (Å²) in [5.74, 6) is -0.404. The number of amides is 1. The third-order valence-corrected chi connectivity index (χ3v) is 1.77. The number of hydrogen-bond acceptors (Lipinski definition) is 2. The second kappa shape index (κ2) is 7.09. The summed E-state index contributed by atoms with van der Waals surface area (Å²) in [7, 11) is 0. The van der Waals surface area contributed by atoms with Crippen LogP contribution in [0.15, 0.2) is 36.5 Å². The van der Waals surface area contributed by atoms with Crippen molar-refractivity contribution in [3.63, 3.8) is 0 Å². The molecule has 0 heterocycles. The van der Waals surface area contributed by atoms with Crippen molar-refractivity contribution in [2.24, 2.45) is 5.73 Å². The van der Waals surface area contributed by atoms with Crippen LogP contribution in [0, 0.1) is 0 Å². The molecule has 3 N–H and O–H groups in total. The van der Waals surface area contributed by atoms with Gasteiger partial charge in [0.1, 0.15) is 0 Å². The highest BCUT2D eigenvalue weighted by atomic mass is 16.3. The highest BCUT2D eigenvalue weighted by Crippen LogP contribution is 2.09. The van der Waals surface area contributed by atoms with Gasteiger partial charge in [0.2, 0.25) is 5.91 Å². The molecule has 1 atom stereocenters. The molecule has 0 aliphatic heterocycles. The van der Waals surface area contributed by atoms with Crippen LogP contribution in [0.5, 0.6) is 0 Å². The Morgan fingerprint density at radius 2 is 2.29 bits per heavy atom. The zero-order valence-corrected chi connectivity index (χ0v) is 8.44. The van der Waals surface area contributed by atoms with E-state index in [1.807, 2.05) is 19.1 Å². The predicted molar refractivity (Wildman–Crippen MR) is 57.5 cm³/mol. The molecule has 0 fully saturated rings. The highest BCUT2D eigenvalue weighted by molar-refractivity contribution is 5.73. The minimum atomic E-state index is -0.670. The van der Waals surface area contributed by atoms with Crippen LogP contribution in [0.2, 0.25) is 0 Å². The average molecular weight is 195 g/mol. The fourth-order valence-corrected chi connectivity index (χ4v) is 0.968. The van der Waals surface area contributed by atoms with E-state index in [-0.39, 0.29) is 6.42 Å². The van der Waals surface area contributed by atoms with Gasteiger partial charge in [0.15, 0.2) is 0 Å². The average Bonchev–Trinajstić information content (AvgIpc) is 2.16. The maximum Gasteiger partial charge on any atom is 0.217 e. The van der Waals surface area contributed by atoms with Crippen molar-refractivity contribution in [3.8, 4) is 0 Å². The van der Waals surface area contributed by atoms with Gasteiger partial charge in [-0.05, 0) is 18.9 Å². The molecule has 14 heavy (non-hydrogen) atoms. The van der Waals surface area contributed by atoms with Crippen molar-refractivity contribution >= 4 is 5.91 Å². The standard InChI is InChI=1S/C11H17NO2/c1-3-5-6-9(4-2)10(13)7-8-11(12)14/h3-6,10,13H,2,7-8H2,1H3,(H2,12,14)/b5-3-,9-6+. The minimum absolute atomic E-state index is 0.183. The van der Waals surface area contributed by atoms with E-state index in [1.165, 1.54) is 0 Å². The Kier molecular flexibility index (Phi) is 6.41. The fraction of sp³-hybridized carbons (Fsp3) is 0.364. The summed E-state index contributed by atoms with van der Waals surface area (Å²) in [6.07, 6.45) is 6.85. The van der Waals surface area contributed by atoms with Gasteiger partial charge in [-0.25, -0.2) is 0 Å². The van der Waals surface area contributed by atoms with E-state index >= 15 is 0 Å². The summed E-state index contributed by atoms with van der Waals surface area (Å²) < 4.78 is 0. The lowest BCUT2D eigenvalue weighted by atomic mass is 10.0. The van der Waals surface area contributed by atoms with E-state index in [9.17, 15) is 9.90 Å². The first-order valence-electron chi connectivity index (χ1n) is 4.53. The lowest BCUT2D eigenvalue weighted by Crippen LogP contribution is -2.16. The zero-order valence-electron chi connectivity index (χ0n) is 8.44. The molecule has 0 aromatic rings. The molecule has 78 valence electrons. The minimum Gasteiger partial charge on any atom is -0.388 e. The molecular formula is C11H17NO2. The Bertz CT molecular complexity index is 254. The lowest BCUT2D eigenvalue weighted by Gasteiger charge is -2.09. The monoisotopic (exact) mass is 195 g/mol. The SMILES string of the molecule is C=C/C(=C\C=C/C)C(O)CCC(N)=O. The van der Waals surface area contributed by atoms with Gasteiger partial charge >= 0.3 is 0 Å². The van der Waals surface area contributed by atoms with Crippen LogP contribution < -0.4 is 5.73 Å². The molecule has 1 amide bonds. The number of aliphatic hydroxyl groups is 1. The summed E-state index contributed by atoms with van der Waals surface area (Å²) in [6, 6.07) is 0. The first-order chi connectivity index (χ1) is 6.61. The molecule has 3 heteroatoms. The van der Waals surface area contributed by atoms with Crippen molar-refractivity contribution < 1.29 is 9.90 Å². The molecule has 0 aliphatic rings. The van der Waals surface area contributed by atoms with Gasteiger partial charge < -0.3 is 10.8 Å². The largest absolute Gasteiger partial charge is 0.388 e. The summed E-state index contributed by atoms with van der Waals surface area (Å²) in [5.41, 5.74) is 5.67. The Morgan fingerprint density at radius 3 is 2.71 bits per heavy atom. The molecule has 0 aromatic carbocycles. The Labute approximate surface area is 84.6 Å². The summed E-state index contributed by atoms with van der Waals surface area (Å²) in [4.78, 5) is 10.5. The van der Waals surface area contributed by atoms with Crippen LogP contribution in [0.1, 0.15) is 19.8 Å². The van der Waals surface area contributed by atoms with E-state index in [2.05, 4.69) is 6.58 Å². The predicted octanol–water partition coefficient (Wildman–Crippen LogP) is 1.30. The van der Waals surface area contributed by atoms with Gasteiger partial charge in [0, 0.05) is 6.42 Å². The molecule has 0 spiro atoms. The quantitative estimate of drug-likeness (QED) is 0.627. The van der Waals surface area contributed by atoms with Crippen molar-refractivity contribution in [3.05, 3.63) is 36.5 Å². The zero-order chi connectivity index (χ0) is 11.0. The second-order valence-corrected chi connectivity index (χ2v) is 2.92. The number of nitrogens with two attached hydrogens (primary N) is 1. The smallest absolute Gasteiger partial charge is 0.217 e. The van der Waals surface area contributed by atoms with E-state index < -0.39 is 12.0 Å². The third kappa shape index (κ3) is 5.32. The van der Waals surface area contributed by atoms with E-state index in [4.69, 9.17) is 5.73 Å². The van der Waals surface area contributed by atoms with Gasteiger partial charge in [-0.3, -0.25) is 4.79 Å². The number of primary amides is 1. The topological polar surface area (TPSA) is 63.3 Å². The maximum absolute atomic E-state index is 10.5. The molecule has 3 nitrogen and oxygen atoms in total. The van der Waals surface area contributed by atoms with E-state index in [0.717, 1.165) is 0 Å².